The smallest absolute Gasteiger partial charge is 0.0882 e. The molecule has 13 heavy (non-hydrogen) atoms. The molecule has 5 heteroatoms. The van der Waals surface area contributed by atoms with Crippen molar-refractivity contribution in [1.29, 1.82) is 0 Å². The van der Waals surface area contributed by atoms with Gasteiger partial charge >= 0.3 is 0 Å². The number of hydrogen-bond donors (Lipinski definition) is 1. The fourth-order valence-corrected chi connectivity index (χ4v) is 1.48. The van der Waals surface area contributed by atoms with E-state index >= 15 is 0 Å². The Labute approximate surface area is 83.3 Å². The van der Waals surface area contributed by atoms with Crippen LogP contribution in [-0.4, -0.2) is 40.3 Å². The zero-order valence-corrected chi connectivity index (χ0v) is 8.97. The predicted octanol–water partition coefficient (Wildman–Crippen LogP) is 0.579. The SMILES string of the molecule is CCNCCN(C)Cc1cnsn1. The molecule has 0 unspecified atom stereocenters. The normalized spacial score (nSPS) is 11.0. The lowest BCUT2D eigenvalue weighted by molar-refractivity contribution is 0.322. The minimum absolute atomic E-state index is 0.891. The standard InChI is InChI=1S/C8H16N4S/c1-3-9-4-5-12(2)7-8-6-10-13-11-8/h6,9H,3-5,7H2,1-2H3. The largest absolute Gasteiger partial charge is 0.316 e. The van der Waals surface area contributed by atoms with E-state index in [1.807, 2.05) is 6.20 Å². The van der Waals surface area contributed by atoms with Gasteiger partial charge in [-0.25, -0.2) is 0 Å². The van der Waals surface area contributed by atoms with Crippen LogP contribution in [0.25, 0.3) is 0 Å². The molecule has 1 N–H and O–H groups in total. The molecule has 0 aromatic carbocycles. The molecule has 0 spiro atoms. The van der Waals surface area contributed by atoms with Crippen LogP contribution in [0, 0.1) is 0 Å². The van der Waals surface area contributed by atoms with E-state index in [1.54, 1.807) is 0 Å². The van der Waals surface area contributed by atoms with E-state index in [4.69, 9.17) is 0 Å². The third-order valence-electron chi connectivity index (χ3n) is 1.76. The highest BCUT2D eigenvalue weighted by atomic mass is 32.1. The Morgan fingerprint density at radius 2 is 2.46 bits per heavy atom. The molecule has 0 aliphatic heterocycles. The van der Waals surface area contributed by atoms with E-state index < -0.39 is 0 Å². The summed E-state index contributed by atoms with van der Waals surface area (Å²) in [5.41, 5.74) is 1.06. The lowest BCUT2D eigenvalue weighted by Crippen LogP contribution is -2.28. The number of aromatic nitrogens is 2. The molecule has 0 fully saturated rings. The van der Waals surface area contributed by atoms with Gasteiger partial charge in [0, 0.05) is 19.6 Å². The molecule has 0 atom stereocenters. The van der Waals surface area contributed by atoms with Crippen molar-refractivity contribution in [3.05, 3.63) is 11.9 Å². The Morgan fingerprint density at radius 1 is 1.62 bits per heavy atom. The van der Waals surface area contributed by atoms with Gasteiger partial charge in [-0.1, -0.05) is 6.92 Å². The van der Waals surface area contributed by atoms with Gasteiger partial charge in [-0.2, -0.15) is 8.75 Å². The van der Waals surface area contributed by atoms with Gasteiger partial charge in [0.1, 0.15) is 0 Å². The van der Waals surface area contributed by atoms with Crippen LogP contribution in [0.5, 0.6) is 0 Å². The molecule has 1 aromatic heterocycles. The fourth-order valence-electron chi connectivity index (χ4n) is 1.06. The van der Waals surface area contributed by atoms with Crippen molar-refractivity contribution in [2.75, 3.05) is 26.7 Å². The second kappa shape index (κ2) is 6.01. The molecule has 0 saturated carbocycles. The molecule has 0 aliphatic carbocycles. The average Bonchev–Trinajstić information content (AvgIpc) is 2.57. The first kappa shape index (κ1) is 10.6. The quantitative estimate of drug-likeness (QED) is 0.682. The molecule has 4 nitrogen and oxygen atoms in total. The van der Waals surface area contributed by atoms with Gasteiger partial charge in [0.25, 0.3) is 0 Å². The molecule has 74 valence electrons. The number of hydrogen-bond acceptors (Lipinski definition) is 5. The Hall–Kier alpha value is -0.520. The van der Waals surface area contributed by atoms with Gasteiger partial charge in [0.15, 0.2) is 0 Å². The van der Waals surface area contributed by atoms with E-state index in [1.165, 1.54) is 11.7 Å². The van der Waals surface area contributed by atoms with Crippen LogP contribution in [0.3, 0.4) is 0 Å². The van der Waals surface area contributed by atoms with Crippen LogP contribution in [0.1, 0.15) is 12.6 Å². The summed E-state index contributed by atoms with van der Waals surface area (Å²) in [7, 11) is 2.09. The van der Waals surface area contributed by atoms with Crippen LogP contribution in [0.15, 0.2) is 6.20 Å². The average molecular weight is 200 g/mol. The van der Waals surface area contributed by atoms with Crippen molar-refractivity contribution in [1.82, 2.24) is 19.0 Å². The lowest BCUT2D eigenvalue weighted by atomic mass is 10.4. The van der Waals surface area contributed by atoms with E-state index in [9.17, 15) is 0 Å². The van der Waals surface area contributed by atoms with Crippen LogP contribution < -0.4 is 5.32 Å². The van der Waals surface area contributed by atoms with E-state index in [0.29, 0.717) is 0 Å². The minimum Gasteiger partial charge on any atom is -0.316 e. The van der Waals surface area contributed by atoms with Crippen molar-refractivity contribution < 1.29 is 0 Å². The maximum Gasteiger partial charge on any atom is 0.0882 e. The van der Waals surface area contributed by atoms with Gasteiger partial charge in [-0.05, 0) is 13.6 Å². The molecule has 0 saturated heterocycles. The topological polar surface area (TPSA) is 41.0 Å². The van der Waals surface area contributed by atoms with Crippen LogP contribution in [0.2, 0.25) is 0 Å². The van der Waals surface area contributed by atoms with E-state index in [2.05, 4.69) is 32.9 Å². The number of rotatable bonds is 6. The fraction of sp³-hybridized carbons (Fsp3) is 0.750. The van der Waals surface area contributed by atoms with Gasteiger partial charge in [-0.15, -0.1) is 0 Å². The summed E-state index contributed by atoms with van der Waals surface area (Å²) < 4.78 is 8.11. The Bertz CT molecular complexity index is 212. The number of likely N-dealkylation sites (N-methyl/N-ethyl adjacent to an activating group) is 2. The van der Waals surface area contributed by atoms with E-state index in [0.717, 1.165) is 31.9 Å². The molecule has 1 aromatic rings. The predicted molar refractivity (Wildman–Crippen MR) is 54.8 cm³/mol. The number of nitrogens with zero attached hydrogens (tertiary/aromatic N) is 3. The summed E-state index contributed by atoms with van der Waals surface area (Å²) in [5, 5.41) is 3.28. The minimum atomic E-state index is 0.891. The Balaban J connectivity index is 2.14. The van der Waals surface area contributed by atoms with Crippen molar-refractivity contribution in [2.24, 2.45) is 0 Å². The summed E-state index contributed by atoms with van der Waals surface area (Å²) in [4.78, 5) is 2.24. The first-order valence-electron chi connectivity index (χ1n) is 4.48. The third kappa shape index (κ3) is 4.31. The first-order chi connectivity index (χ1) is 6.33. The summed E-state index contributed by atoms with van der Waals surface area (Å²) in [6.45, 7) is 6.12. The van der Waals surface area contributed by atoms with Gasteiger partial charge in [0.05, 0.1) is 23.6 Å². The molecule has 1 heterocycles. The molecule has 0 amide bonds. The van der Waals surface area contributed by atoms with Crippen LogP contribution in [-0.2, 0) is 6.54 Å². The summed E-state index contributed by atoms with van der Waals surface area (Å²) in [6.07, 6.45) is 1.83. The molecule has 0 bridgehead atoms. The lowest BCUT2D eigenvalue weighted by Gasteiger charge is -2.14. The van der Waals surface area contributed by atoms with Crippen LogP contribution >= 0.6 is 11.7 Å². The molecular weight excluding hydrogens is 184 g/mol. The maximum absolute atomic E-state index is 4.15. The maximum atomic E-state index is 4.15. The highest BCUT2D eigenvalue weighted by molar-refractivity contribution is 6.99. The van der Waals surface area contributed by atoms with Crippen molar-refractivity contribution in [3.8, 4) is 0 Å². The monoisotopic (exact) mass is 200 g/mol. The first-order valence-corrected chi connectivity index (χ1v) is 5.21. The highest BCUT2D eigenvalue weighted by Gasteiger charge is 2.01. The van der Waals surface area contributed by atoms with Gasteiger partial charge in [-0.3, -0.25) is 4.90 Å². The second-order valence-corrected chi connectivity index (χ2v) is 3.55. The summed E-state index contributed by atoms with van der Waals surface area (Å²) >= 11 is 1.27. The third-order valence-corrected chi connectivity index (χ3v) is 2.28. The zero-order valence-electron chi connectivity index (χ0n) is 8.16. The zero-order chi connectivity index (χ0) is 9.52. The second-order valence-electron chi connectivity index (χ2n) is 2.99. The van der Waals surface area contributed by atoms with Crippen molar-refractivity contribution in [3.63, 3.8) is 0 Å². The van der Waals surface area contributed by atoms with Gasteiger partial charge < -0.3 is 5.32 Å². The van der Waals surface area contributed by atoms with Crippen LogP contribution in [0.4, 0.5) is 0 Å². The van der Waals surface area contributed by atoms with Crippen molar-refractivity contribution >= 4 is 11.7 Å². The Morgan fingerprint density at radius 3 is 3.08 bits per heavy atom. The molecule has 0 aliphatic rings. The number of nitrogens with one attached hydrogen (secondary N) is 1. The van der Waals surface area contributed by atoms with Gasteiger partial charge in [0.2, 0.25) is 0 Å². The summed E-state index contributed by atoms with van der Waals surface area (Å²) in [6, 6.07) is 0. The van der Waals surface area contributed by atoms with E-state index in [-0.39, 0.29) is 0 Å². The van der Waals surface area contributed by atoms with Crippen molar-refractivity contribution in [2.45, 2.75) is 13.5 Å². The molecule has 0 radical (unpaired) electrons. The molecule has 1 rings (SSSR count). The Kier molecular flexibility index (Phi) is 4.88. The molecular formula is C8H16N4S. The summed E-state index contributed by atoms with van der Waals surface area (Å²) in [5.74, 6) is 0. The highest BCUT2D eigenvalue weighted by Crippen LogP contribution is 1.98.